The zero-order valence-corrected chi connectivity index (χ0v) is 15.6. The van der Waals surface area contributed by atoms with Gasteiger partial charge in [-0.25, -0.2) is 4.39 Å². The Morgan fingerprint density at radius 2 is 2.00 bits per heavy atom. The van der Waals surface area contributed by atoms with Crippen molar-refractivity contribution in [2.24, 2.45) is 0 Å². The van der Waals surface area contributed by atoms with E-state index in [-0.39, 0.29) is 27.6 Å². The van der Waals surface area contributed by atoms with Gasteiger partial charge in [0.15, 0.2) is 0 Å². The van der Waals surface area contributed by atoms with Crippen molar-refractivity contribution in [2.75, 3.05) is 11.1 Å². The number of carbonyl (C=O) groups is 1. The minimum absolute atomic E-state index is 0.0105. The molecule has 3 rings (SSSR count). The molecule has 0 aliphatic carbocycles. The highest BCUT2D eigenvalue weighted by molar-refractivity contribution is 7.99. The van der Waals surface area contributed by atoms with E-state index in [4.69, 9.17) is 16.0 Å². The molecule has 3 aromatic rings. The molecule has 1 aromatic heterocycles. The molecule has 0 aliphatic rings. The van der Waals surface area contributed by atoms with Gasteiger partial charge < -0.3 is 9.73 Å². The molecule has 0 spiro atoms. The lowest BCUT2D eigenvalue weighted by Gasteiger charge is -2.05. The number of hydrogen-bond donors (Lipinski definition) is 1. The number of aryl methyl sites for hydroxylation is 2. The first-order valence-electron chi connectivity index (χ1n) is 7.71. The lowest BCUT2D eigenvalue weighted by molar-refractivity contribution is -0.113. The summed E-state index contributed by atoms with van der Waals surface area (Å²) < 4.78 is 19.3. The van der Waals surface area contributed by atoms with Gasteiger partial charge in [0.1, 0.15) is 5.82 Å². The first-order chi connectivity index (χ1) is 12.4. The fraction of sp³-hybridized carbons (Fsp3) is 0.167. The number of anilines is 1. The fourth-order valence-corrected chi connectivity index (χ4v) is 2.89. The fourth-order valence-electron chi connectivity index (χ4n) is 2.16. The average molecular weight is 392 g/mol. The molecule has 26 heavy (non-hydrogen) atoms. The Morgan fingerprint density at radius 3 is 2.73 bits per heavy atom. The van der Waals surface area contributed by atoms with Gasteiger partial charge >= 0.3 is 0 Å². The number of benzene rings is 2. The molecule has 1 N–H and O–H groups in total. The standard InChI is InChI=1S/C18H15ClFN3O2S/c1-10-3-4-12(7-11(10)2)17-22-23-18(25-17)26-9-16(24)21-15-6-5-13(19)8-14(15)20/h3-8H,9H2,1-2H3,(H,21,24). The van der Waals surface area contributed by atoms with E-state index in [0.717, 1.165) is 29.0 Å². The third kappa shape index (κ3) is 4.42. The Kier molecular flexibility index (Phi) is 5.58. The van der Waals surface area contributed by atoms with Crippen LogP contribution in [0.3, 0.4) is 0 Å². The van der Waals surface area contributed by atoms with Gasteiger partial charge in [0.2, 0.25) is 11.8 Å². The van der Waals surface area contributed by atoms with Crippen LogP contribution in [-0.4, -0.2) is 21.9 Å². The second-order valence-electron chi connectivity index (χ2n) is 5.63. The molecule has 0 saturated carbocycles. The van der Waals surface area contributed by atoms with Crippen molar-refractivity contribution in [2.45, 2.75) is 19.1 Å². The molecule has 134 valence electrons. The molecular formula is C18H15ClFN3O2S. The van der Waals surface area contributed by atoms with Crippen LogP contribution in [0.4, 0.5) is 10.1 Å². The van der Waals surface area contributed by atoms with Gasteiger partial charge in [0.25, 0.3) is 5.22 Å². The second kappa shape index (κ2) is 7.88. The number of aromatic nitrogens is 2. The summed E-state index contributed by atoms with van der Waals surface area (Å²) >= 11 is 6.76. The predicted octanol–water partition coefficient (Wildman–Crippen LogP) is 4.88. The molecule has 0 unspecified atom stereocenters. The molecule has 0 atom stereocenters. The van der Waals surface area contributed by atoms with Crippen molar-refractivity contribution in [3.63, 3.8) is 0 Å². The highest BCUT2D eigenvalue weighted by Crippen LogP contribution is 2.25. The van der Waals surface area contributed by atoms with E-state index < -0.39 is 5.82 Å². The number of thioether (sulfide) groups is 1. The molecule has 1 heterocycles. The topological polar surface area (TPSA) is 68.0 Å². The van der Waals surface area contributed by atoms with Crippen LogP contribution >= 0.6 is 23.4 Å². The summed E-state index contributed by atoms with van der Waals surface area (Å²) in [5.74, 6) is -0.580. The van der Waals surface area contributed by atoms with Crippen molar-refractivity contribution in [3.05, 3.63) is 58.4 Å². The summed E-state index contributed by atoms with van der Waals surface area (Å²) in [4.78, 5) is 12.0. The predicted molar refractivity (Wildman–Crippen MR) is 100.0 cm³/mol. The van der Waals surface area contributed by atoms with E-state index in [2.05, 4.69) is 15.5 Å². The highest BCUT2D eigenvalue weighted by Gasteiger charge is 2.13. The SMILES string of the molecule is Cc1ccc(-c2nnc(SCC(=O)Nc3ccc(Cl)cc3F)o2)cc1C. The molecule has 0 fully saturated rings. The highest BCUT2D eigenvalue weighted by atomic mass is 35.5. The summed E-state index contributed by atoms with van der Waals surface area (Å²) in [6.45, 7) is 4.03. The van der Waals surface area contributed by atoms with Crippen LogP contribution < -0.4 is 5.32 Å². The monoisotopic (exact) mass is 391 g/mol. The maximum atomic E-state index is 13.7. The summed E-state index contributed by atoms with van der Waals surface area (Å²) in [6, 6.07) is 9.90. The number of halogens is 2. The van der Waals surface area contributed by atoms with E-state index >= 15 is 0 Å². The zero-order valence-electron chi connectivity index (χ0n) is 14.0. The number of nitrogens with zero attached hydrogens (tertiary/aromatic N) is 2. The maximum Gasteiger partial charge on any atom is 0.277 e. The van der Waals surface area contributed by atoms with E-state index in [1.807, 2.05) is 32.0 Å². The number of nitrogens with one attached hydrogen (secondary N) is 1. The Morgan fingerprint density at radius 1 is 1.19 bits per heavy atom. The van der Waals surface area contributed by atoms with Crippen molar-refractivity contribution < 1.29 is 13.6 Å². The molecule has 0 bridgehead atoms. The zero-order chi connectivity index (χ0) is 18.7. The van der Waals surface area contributed by atoms with E-state index in [1.165, 1.54) is 17.7 Å². The molecule has 2 aromatic carbocycles. The first-order valence-corrected chi connectivity index (χ1v) is 9.07. The van der Waals surface area contributed by atoms with E-state index in [1.54, 1.807) is 0 Å². The smallest absolute Gasteiger partial charge is 0.277 e. The summed E-state index contributed by atoms with van der Waals surface area (Å²) in [5.41, 5.74) is 3.19. The third-order valence-corrected chi connectivity index (χ3v) is 4.75. The van der Waals surface area contributed by atoms with E-state index in [9.17, 15) is 9.18 Å². The molecule has 0 radical (unpaired) electrons. The summed E-state index contributed by atoms with van der Waals surface area (Å²) in [7, 11) is 0. The molecule has 0 aliphatic heterocycles. The van der Waals surface area contributed by atoms with Crippen LogP contribution in [0, 0.1) is 19.7 Å². The van der Waals surface area contributed by atoms with Crippen molar-refractivity contribution in [1.29, 1.82) is 0 Å². The molecule has 0 saturated heterocycles. The summed E-state index contributed by atoms with van der Waals surface area (Å²) in [5, 5.41) is 10.9. The molecule has 5 nitrogen and oxygen atoms in total. The van der Waals surface area contributed by atoms with Gasteiger partial charge in [-0.2, -0.15) is 0 Å². The Balaban J connectivity index is 1.60. The van der Waals surface area contributed by atoms with Crippen LogP contribution in [0.15, 0.2) is 46.0 Å². The van der Waals surface area contributed by atoms with E-state index in [0.29, 0.717) is 5.89 Å². The number of carbonyl (C=O) groups excluding carboxylic acids is 1. The van der Waals surface area contributed by atoms with Gasteiger partial charge in [-0.1, -0.05) is 29.4 Å². The van der Waals surface area contributed by atoms with Crippen molar-refractivity contribution >= 4 is 35.0 Å². The third-order valence-electron chi connectivity index (χ3n) is 3.69. The van der Waals surface area contributed by atoms with Crippen LogP contribution in [-0.2, 0) is 4.79 Å². The lowest BCUT2D eigenvalue weighted by Crippen LogP contribution is -2.15. The van der Waals surface area contributed by atoms with Crippen LogP contribution in [0.25, 0.3) is 11.5 Å². The number of hydrogen-bond acceptors (Lipinski definition) is 5. The lowest BCUT2D eigenvalue weighted by atomic mass is 10.1. The molecule has 8 heteroatoms. The normalized spacial score (nSPS) is 10.8. The van der Waals surface area contributed by atoms with Crippen molar-refractivity contribution in [3.8, 4) is 11.5 Å². The number of rotatable bonds is 5. The second-order valence-corrected chi connectivity index (χ2v) is 7.00. The quantitative estimate of drug-likeness (QED) is 0.628. The summed E-state index contributed by atoms with van der Waals surface area (Å²) in [6.07, 6.45) is 0. The van der Waals surface area contributed by atoms with Gasteiger partial charge in [0.05, 0.1) is 11.4 Å². The Bertz CT molecular complexity index is 961. The largest absolute Gasteiger partial charge is 0.411 e. The van der Waals surface area contributed by atoms with Crippen LogP contribution in [0.1, 0.15) is 11.1 Å². The van der Waals surface area contributed by atoms with Gasteiger partial charge in [-0.05, 0) is 55.3 Å². The van der Waals surface area contributed by atoms with Crippen LogP contribution in [0.5, 0.6) is 0 Å². The Labute approximate surface area is 159 Å². The average Bonchev–Trinajstić information content (AvgIpc) is 3.07. The molecule has 1 amide bonds. The van der Waals surface area contributed by atoms with Gasteiger partial charge in [0, 0.05) is 10.6 Å². The Hall–Kier alpha value is -2.38. The van der Waals surface area contributed by atoms with Gasteiger partial charge in [-0.15, -0.1) is 10.2 Å². The van der Waals surface area contributed by atoms with Gasteiger partial charge in [-0.3, -0.25) is 4.79 Å². The maximum absolute atomic E-state index is 13.7. The number of amides is 1. The minimum Gasteiger partial charge on any atom is -0.411 e. The van der Waals surface area contributed by atoms with Crippen molar-refractivity contribution in [1.82, 2.24) is 10.2 Å². The van der Waals surface area contributed by atoms with Crippen LogP contribution in [0.2, 0.25) is 5.02 Å². The first kappa shape index (κ1) is 18.4. The minimum atomic E-state index is -0.592. The molecular weight excluding hydrogens is 377 g/mol.